The Labute approximate surface area is 73.5 Å². The largest absolute Gasteiger partial charge is 0.506 e. The van der Waals surface area contributed by atoms with Gasteiger partial charge in [-0.1, -0.05) is 13.8 Å². The minimum atomic E-state index is 0.160. The second-order valence-corrected chi connectivity index (χ2v) is 5.63. The Balaban J connectivity index is 2.23. The molecule has 0 aliphatic carbocycles. The molecule has 0 unspecified atom stereocenters. The molecule has 3 saturated heterocycles. The molecular weight excluding hydrogens is 148 g/mol. The topological polar surface area (TPSA) is 25.3 Å². The Morgan fingerprint density at radius 3 is 1.83 bits per heavy atom. The Hall–Kier alpha value is -0.400. The van der Waals surface area contributed by atoms with Crippen LogP contribution in [0.15, 0.2) is 0 Å². The van der Waals surface area contributed by atoms with Gasteiger partial charge in [-0.05, 0) is 0 Å². The third kappa shape index (κ3) is 0.431. The summed E-state index contributed by atoms with van der Waals surface area (Å²) in [6.45, 7) is 4.63. The van der Waals surface area contributed by atoms with Gasteiger partial charge in [-0.2, -0.15) is 0 Å². The first kappa shape index (κ1) is 7.05. The van der Waals surface area contributed by atoms with E-state index in [2.05, 4.69) is 13.8 Å². The molecule has 66 valence electrons. The number of hydrogen-bond donors (Lipinski definition) is 0. The minimum absolute atomic E-state index is 0.160. The summed E-state index contributed by atoms with van der Waals surface area (Å²) in [6, 6.07) is 0. The first-order chi connectivity index (χ1) is 5.53. The molecule has 3 rings (SSSR count). The van der Waals surface area contributed by atoms with E-state index >= 15 is 0 Å². The summed E-state index contributed by atoms with van der Waals surface area (Å²) in [7, 11) is 0. The molecule has 0 aromatic carbocycles. The third-order valence-electron chi connectivity index (χ3n) is 4.89. The van der Waals surface area contributed by atoms with Crippen LogP contribution in [-0.2, 0) is 0 Å². The van der Waals surface area contributed by atoms with Crippen molar-refractivity contribution in [2.24, 2.45) is 5.41 Å². The maximum absolute atomic E-state index is 10.1. The Morgan fingerprint density at radius 2 is 1.67 bits per heavy atom. The second kappa shape index (κ2) is 1.49. The first-order valence-electron chi connectivity index (χ1n) is 5.02. The van der Waals surface area contributed by atoms with Crippen LogP contribution in [0.3, 0.4) is 0 Å². The fourth-order valence-corrected chi connectivity index (χ4v) is 4.21. The summed E-state index contributed by atoms with van der Waals surface area (Å²) in [5, 5.41) is 0. The molecule has 0 amide bonds. The number of hydrogen-bond acceptors (Lipinski definition) is 0. The van der Waals surface area contributed by atoms with Crippen molar-refractivity contribution in [2.75, 3.05) is 0 Å². The Bertz CT molecular complexity index is 270. The summed E-state index contributed by atoms with van der Waals surface area (Å²) in [5.41, 5.74) is 10.8. The van der Waals surface area contributed by atoms with Gasteiger partial charge in [-0.25, -0.2) is 0 Å². The predicted molar refractivity (Wildman–Crippen MR) is 45.9 cm³/mol. The summed E-state index contributed by atoms with van der Waals surface area (Å²) in [4.78, 5) is 0. The zero-order valence-electron chi connectivity index (χ0n) is 7.93. The number of nitrogens with zero attached hydrogens (tertiary/aromatic N) is 2. The maximum Gasteiger partial charge on any atom is 0.157 e. The van der Waals surface area contributed by atoms with Crippen LogP contribution in [0.4, 0.5) is 0 Å². The van der Waals surface area contributed by atoms with E-state index < -0.39 is 0 Å². The average Bonchev–Trinajstić information content (AvgIpc) is 2.45. The van der Waals surface area contributed by atoms with Gasteiger partial charge in [-0.15, -0.1) is 0 Å². The molecule has 0 spiro atoms. The Kier molecular flexibility index (Phi) is 0.875. The van der Waals surface area contributed by atoms with Gasteiger partial charge in [-0.3, -0.25) is 0 Å². The van der Waals surface area contributed by atoms with Gasteiger partial charge >= 0.3 is 0 Å². The highest BCUT2D eigenvalue weighted by molar-refractivity contribution is 5.16. The van der Waals surface area contributed by atoms with Crippen molar-refractivity contribution in [3.63, 3.8) is 0 Å². The van der Waals surface area contributed by atoms with Gasteiger partial charge in [0.2, 0.25) is 0 Å². The molecule has 2 nitrogen and oxygen atoms in total. The molecule has 3 aliphatic rings. The van der Waals surface area contributed by atoms with Gasteiger partial charge in [0.25, 0.3) is 0 Å². The maximum atomic E-state index is 10.1. The molecule has 0 N–H and O–H groups in total. The molecule has 2 heteroatoms. The van der Waals surface area contributed by atoms with E-state index in [9.17, 15) is 5.53 Å². The van der Waals surface area contributed by atoms with Crippen molar-refractivity contribution in [3.8, 4) is 0 Å². The van der Waals surface area contributed by atoms with Crippen LogP contribution in [0.2, 0.25) is 0 Å². The molecule has 3 heterocycles. The van der Waals surface area contributed by atoms with Crippen LogP contribution in [0, 0.1) is 5.41 Å². The lowest BCUT2D eigenvalue weighted by Crippen LogP contribution is -2.45. The molecule has 0 saturated carbocycles. The number of rotatable bonds is 0. The third-order valence-corrected chi connectivity index (χ3v) is 4.89. The normalized spacial score (nSPS) is 53.7. The van der Waals surface area contributed by atoms with E-state index in [1.54, 1.807) is 4.70 Å². The van der Waals surface area contributed by atoms with Crippen LogP contribution in [0.5, 0.6) is 0 Å². The summed E-state index contributed by atoms with van der Waals surface area (Å²) in [5.74, 6) is 0. The van der Waals surface area contributed by atoms with Crippen LogP contribution in [-0.4, -0.2) is 15.8 Å². The molecule has 2 bridgehead atoms. The van der Waals surface area contributed by atoms with Gasteiger partial charge in [0, 0.05) is 37.5 Å². The molecule has 0 radical (unpaired) electrons. The Morgan fingerprint density at radius 1 is 1.08 bits per heavy atom. The van der Waals surface area contributed by atoms with Crippen molar-refractivity contribution >= 4 is 0 Å². The van der Waals surface area contributed by atoms with E-state index in [-0.39, 0.29) is 11.1 Å². The quantitative estimate of drug-likeness (QED) is 0.492. The zero-order chi connectivity index (χ0) is 8.61. The monoisotopic (exact) mass is 164 g/mol. The highest BCUT2D eigenvalue weighted by Gasteiger charge is 2.76. The minimum Gasteiger partial charge on any atom is -0.506 e. The zero-order valence-corrected chi connectivity index (χ0v) is 7.93. The van der Waals surface area contributed by atoms with Crippen molar-refractivity contribution in [3.05, 3.63) is 5.53 Å². The van der Waals surface area contributed by atoms with Crippen LogP contribution in [0.1, 0.15) is 46.0 Å². The second-order valence-electron chi connectivity index (χ2n) is 5.63. The molecule has 3 aliphatic heterocycles. The molecule has 0 atom stereocenters. The van der Waals surface area contributed by atoms with E-state index in [0.29, 0.717) is 5.41 Å². The van der Waals surface area contributed by atoms with Crippen molar-refractivity contribution in [2.45, 2.75) is 57.0 Å². The molecule has 12 heavy (non-hydrogen) atoms. The highest BCUT2D eigenvalue weighted by atomic mass is 15.4. The SMILES string of the molecule is CC1(C)CC23CCC1(CC2)[N+]3=[N-]. The summed E-state index contributed by atoms with van der Waals surface area (Å²) < 4.78 is 1.74. The van der Waals surface area contributed by atoms with E-state index in [4.69, 9.17) is 0 Å². The van der Waals surface area contributed by atoms with Gasteiger partial charge in [0.1, 0.15) is 0 Å². The lowest BCUT2D eigenvalue weighted by Gasteiger charge is -2.39. The van der Waals surface area contributed by atoms with E-state index in [1.807, 2.05) is 0 Å². The summed E-state index contributed by atoms with van der Waals surface area (Å²) in [6.07, 6.45) is 6.10. The van der Waals surface area contributed by atoms with Gasteiger partial charge in [0.05, 0.1) is 0 Å². The van der Waals surface area contributed by atoms with Crippen LogP contribution < -0.4 is 0 Å². The standard InChI is InChI=1S/C10H16N2/c1-8(2)7-9-3-5-10(8,6-4-9)12(9)11/h3-7H2,1-2H3. The van der Waals surface area contributed by atoms with Crippen molar-refractivity contribution < 1.29 is 4.70 Å². The van der Waals surface area contributed by atoms with E-state index in [1.165, 1.54) is 32.1 Å². The highest BCUT2D eigenvalue weighted by Crippen LogP contribution is 2.68. The lowest BCUT2D eigenvalue weighted by atomic mass is 9.57. The van der Waals surface area contributed by atoms with Crippen molar-refractivity contribution in [1.82, 2.24) is 0 Å². The molecule has 0 aromatic heterocycles. The summed E-state index contributed by atoms with van der Waals surface area (Å²) >= 11 is 0. The first-order valence-corrected chi connectivity index (χ1v) is 5.02. The smallest absolute Gasteiger partial charge is 0.157 e. The fraction of sp³-hybridized carbons (Fsp3) is 1.00. The van der Waals surface area contributed by atoms with Crippen LogP contribution >= 0.6 is 0 Å². The molecular formula is C10H16N2. The molecule has 3 fully saturated rings. The van der Waals surface area contributed by atoms with Gasteiger partial charge < -0.3 is 10.2 Å². The van der Waals surface area contributed by atoms with Gasteiger partial charge in [0.15, 0.2) is 11.1 Å². The molecule has 0 aromatic rings. The fourth-order valence-electron chi connectivity index (χ4n) is 4.21. The predicted octanol–water partition coefficient (Wildman–Crippen LogP) is 2.52. The average molecular weight is 164 g/mol. The van der Waals surface area contributed by atoms with Crippen LogP contribution in [0.25, 0.3) is 5.53 Å². The lowest BCUT2D eigenvalue weighted by molar-refractivity contribution is -0.631. The van der Waals surface area contributed by atoms with Crippen molar-refractivity contribution in [1.29, 1.82) is 0 Å². The van der Waals surface area contributed by atoms with E-state index in [0.717, 1.165) is 0 Å².